The Morgan fingerprint density at radius 1 is 1.54 bits per heavy atom. The lowest BCUT2D eigenvalue weighted by Crippen LogP contribution is -1.74. The molecular formula is C10H8N2S. The molecule has 1 heterocycles. The van der Waals surface area contributed by atoms with Gasteiger partial charge in [0, 0.05) is 0 Å². The quantitative estimate of drug-likeness (QED) is 0.690. The van der Waals surface area contributed by atoms with Crippen LogP contribution < -0.4 is 0 Å². The van der Waals surface area contributed by atoms with Crippen LogP contribution >= 0.6 is 11.3 Å². The number of benzene rings is 1. The Labute approximate surface area is 80.5 Å². The minimum atomic E-state index is 0.707. The first-order valence-electron chi connectivity index (χ1n) is 4.13. The van der Waals surface area contributed by atoms with E-state index in [1.807, 2.05) is 18.2 Å². The van der Waals surface area contributed by atoms with Crippen molar-refractivity contribution in [2.75, 3.05) is 0 Å². The molecule has 0 saturated heterocycles. The second-order valence-corrected chi connectivity index (χ2v) is 3.87. The number of aromatic nitrogens is 1. The summed E-state index contributed by atoms with van der Waals surface area (Å²) in [5.74, 6) is 0. The first kappa shape index (κ1) is 8.21. The molecule has 0 radical (unpaired) electrons. The third-order valence-corrected chi connectivity index (χ3v) is 3.03. The molecular weight excluding hydrogens is 180 g/mol. The fourth-order valence-corrected chi connectivity index (χ4v) is 2.14. The van der Waals surface area contributed by atoms with Crippen LogP contribution in [-0.2, 0) is 6.42 Å². The van der Waals surface area contributed by atoms with Gasteiger partial charge in [0.05, 0.1) is 26.9 Å². The summed E-state index contributed by atoms with van der Waals surface area (Å²) in [7, 11) is 0. The lowest BCUT2D eigenvalue weighted by Gasteiger charge is -1.86. The highest BCUT2D eigenvalue weighted by Gasteiger charge is 2.02. The Balaban J connectivity index is 2.65. The van der Waals surface area contributed by atoms with Gasteiger partial charge in [0.1, 0.15) is 0 Å². The molecule has 0 N–H and O–H groups in total. The van der Waals surface area contributed by atoms with Crippen molar-refractivity contribution in [2.45, 2.75) is 13.3 Å². The molecule has 1 aromatic carbocycles. The summed E-state index contributed by atoms with van der Waals surface area (Å²) in [6.07, 6.45) is 0.960. The van der Waals surface area contributed by atoms with Crippen LogP contribution in [0, 0.1) is 11.3 Å². The first-order valence-corrected chi connectivity index (χ1v) is 4.94. The van der Waals surface area contributed by atoms with E-state index in [4.69, 9.17) is 5.26 Å². The van der Waals surface area contributed by atoms with Gasteiger partial charge in [0.15, 0.2) is 0 Å². The van der Waals surface area contributed by atoms with Crippen molar-refractivity contribution in [3.05, 3.63) is 28.8 Å². The van der Waals surface area contributed by atoms with E-state index in [-0.39, 0.29) is 0 Å². The Morgan fingerprint density at radius 2 is 2.38 bits per heavy atom. The van der Waals surface area contributed by atoms with Gasteiger partial charge in [0.2, 0.25) is 0 Å². The molecule has 0 aliphatic carbocycles. The van der Waals surface area contributed by atoms with Crippen LogP contribution in [0.15, 0.2) is 18.2 Å². The van der Waals surface area contributed by atoms with Gasteiger partial charge in [-0.3, -0.25) is 0 Å². The van der Waals surface area contributed by atoms with Crippen LogP contribution in [0.3, 0.4) is 0 Å². The topological polar surface area (TPSA) is 36.7 Å². The fraction of sp³-hybridized carbons (Fsp3) is 0.200. The van der Waals surface area contributed by atoms with Crippen molar-refractivity contribution in [3.8, 4) is 6.07 Å². The maximum atomic E-state index is 8.70. The van der Waals surface area contributed by atoms with E-state index in [2.05, 4.69) is 18.0 Å². The number of hydrogen-bond acceptors (Lipinski definition) is 3. The molecule has 3 heteroatoms. The van der Waals surface area contributed by atoms with E-state index in [0.717, 1.165) is 21.6 Å². The zero-order valence-corrected chi connectivity index (χ0v) is 8.06. The zero-order chi connectivity index (χ0) is 9.26. The Morgan fingerprint density at radius 3 is 3.08 bits per heavy atom. The van der Waals surface area contributed by atoms with E-state index in [1.54, 1.807) is 11.3 Å². The third kappa shape index (κ3) is 1.41. The van der Waals surface area contributed by atoms with Gasteiger partial charge in [-0.2, -0.15) is 5.26 Å². The van der Waals surface area contributed by atoms with Gasteiger partial charge in [-0.25, -0.2) is 4.98 Å². The molecule has 0 fully saturated rings. The van der Waals surface area contributed by atoms with Gasteiger partial charge in [-0.1, -0.05) is 6.92 Å². The average molecular weight is 188 g/mol. The highest BCUT2D eigenvalue weighted by molar-refractivity contribution is 7.18. The molecule has 0 aliphatic rings. The number of nitrogens with zero attached hydrogens (tertiary/aromatic N) is 2. The zero-order valence-electron chi connectivity index (χ0n) is 7.24. The summed E-state index contributed by atoms with van der Waals surface area (Å²) in [4.78, 5) is 4.42. The lowest BCUT2D eigenvalue weighted by atomic mass is 10.2. The smallest absolute Gasteiger partial charge is 0.0992 e. The van der Waals surface area contributed by atoms with Gasteiger partial charge < -0.3 is 0 Å². The molecule has 0 amide bonds. The largest absolute Gasteiger partial charge is 0.241 e. The molecule has 1 aromatic heterocycles. The average Bonchev–Trinajstić information content (AvgIpc) is 2.58. The molecule has 0 spiro atoms. The first-order chi connectivity index (χ1) is 6.33. The predicted molar refractivity (Wildman–Crippen MR) is 53.7 cm³/mol. The Hall–Kier alpha value is -1.40. The van der Waals surface area contributed by atoms with Crippen molar-refractivity contribution < 1.29 is 0 Å². The Bertz CT molecular complexity index is 479. The monoisotopic (exact) mass is 188 g/mol. The van der Waals surface area contributed by atoms with Crippen molar-refractivity contribution in [3.63, 3.8) is 0 Å². The van der Waals surface area contributed by atoms with Gasteiger partial charge in [-0.05, 0) is 24.6 Å². The van der Waals surface area contributed by atoms with Crippen LogP contribution in [0.25, 0.3) is 10.2 Å². The number of nitriles is 1. The molecule has 0 unspecified atom stereocenters. The molecule has 0 atom stereocenters. The van der Waals surface area contributed by atoms with Crippen LogP contribution in [-0.4, -0.2) is 4.98 Å². The van der Waals surface area contributed by atoms with Gasteiger partial charge in [0.25, 0.3) is 0 Å². The van der Waals surface area contributed by atoms with E-state index in [1.165, 1.54) is 0 Å². The highest BCUT2D eigenvalue weighted by Crippen LogP contribution is 2.23. The summed E-state index contributed by atoms with van der Waals surface area (Å²) >= 11 is 1.66. The lowest BCUT2D eigenvalue weighted by molar-refractivity contribution is 1.11. The molecule has 2 aromatic rings. The van der Waals surface area contributed by atoms with Gasteiger partial charge in [-0.15, -0.1) is 11.3 Å². The van der Waals surface area contributed by atoms with E-state index in [0.29, 0.717) is 5.56 Å². The summed E-state index contributed by atoms with van der Waals surface area (Å²) in [6.45, 7) is 2.09. The molecule has 0 aliphatic heterocycles. The Kier molecular flexibility index (Phi) is 1.99. The summed E-state index contributed by atoms with van der Waals surface area (Å²) in [5.41, 5.74) is 1.71. The van der Waals surface area contributed by atoms with Crippen LogP contribution in [0.4, 0.5) is 0 Å². The van der Waals surface area contributed by atoms with Crippen LogP contribution in [0.5, 0.6) is 0 Å². The number of fused-ring (bicyclic) bond motifs is 1. The summed E-state index contributed by atoms with van der Waals surface area (Å²) in [5, 5.41) is 9.82. The standard InChI is InChI=1S/C10H8N2S/c1-2-10-12-8-4-3-7(6-11)5-9(8)13-10/h3-5H,2H2,1H3. The molecule has 2 nitrogen and oxygen atoms in total. The van der Waals surface area contributed by atoms with Gasteiger partial charge >= 0.3 is 0 Å². The molecule has 2 rings (SSSR count). The summed E-state index contributed by atoms with van der Waals surface area (Å²) in [6, 6.07) is 7.73. The molecule has 13 heavy (non-hydrogen) atoms. The SMILES string of the molecule is CCc1nc2ccc(C#N)cc2s1. The van der Waals surface area contributed by atoms with E-state index < -0.39 is 0 Å². The maximum Gasteiger partial charge on any atom is 0.0992 e. The second kappa shape index (κ2) is 3.15. The number of aryl methyl sites for hydroxylation is 1. The number of hydrogen-bond donors (Lipinski definition) is 0. The van der Waals surface area contributed by atoms with E-state index >= 15 is 0 Å². The fourth-order valence-electron chi connectivity index (χ4n) is 1.19. The minimum absolute atomic E-state index is 0.707. The second-order valence-electron chi connectivity index (χ2n) is 2.76. The number of thiazole rings is 1. The van der Waals surface area contributed by atoms with Crippen LogP contribution in [0.1, 0.15) is 17.5 Å². The molecule has 64 valence electrons. The minimum Gasteiger partial charge on any atom is -0.241 e. The number of rotatable bonds is 1. The van der Waals surface area contributed by atoms with Crippen molar-refractivity contribution in [1.82, 2.24) is 4.98 Å². The third-order valence-electron chi connectivity index (χ3n) is 1.86. The van der Waals surface area contributed by atoms with E-state index in [9.17, 15) is 0 Å². The molecule has 0 saturated carbocycles. The summed E-state index contributed by atoms with van der Waals surface area (Å²) < 4.78 is 1.11. The predicted octanol–water partition coefficient (Wildman–Crippen LogP) is 2.73. The normalized spacial score (nSPS) is 10.2. The van der Waals surface area contributed by atoms with Crippen molar-refractivity contribution in [1.29, 1.82) is 5.26 Å². The van der Waals surface area contributed by atoms with Crippen molar-refractivity contribution in [2.24, 2.45) is 0 Å². The molecule has 0 bridgehead atoms. The maximum absolute atomic E-state index is 8.70. The van der Waals surface area contributed by atoms with Crippen molar-refractivity contribution >= 4 is 21.6 Å². The highest BCUT2D eigenvalue weighted by atomic mass is 32.1. The van der Waals surface area contributed by atoms with Crippen LogP contribution in [0.2, 0.25) is 0 Å².